The van der Waals surface area contributed by atoms with Gasteiger partial charge in [0.15, 0.2) is 9.84 Å². The molecule has 0 saturated carbocycles. The Bertz CT molecular complexity index is 1160. The molecule has 0 aliphatic rings. The number of phenolic OH excluding ortho intramolecular Hbond substituents is 1. The molecule has 5 nitrogen and oxygen atoms in total. The molecule has 0 bridgehead atoms. The van der Waals surface area contributed by atoms with E-state index in [2.05, 4.69) is 35.8 Å². The third-order valence-electron chi connectivity index (χ3n) is 4.55. The van der Waals surface area contributed by atoms with Gasteiger partial charge >= 0.3 is 0 Å². The van der Waals surface area contributed by atoms with Gasteiger partial charge in [-0.25, -0.2) is 8.42 Å². The van der Waals surface area contributed by atoms with Gasteiger partial charge < -0.3 is 10.4 Å². The maximum Gasteiger partial charge on any atom is 0.255 e. The number of hydrogen-bond donors (Lipinski definition) is 2. The standard InChI is InChI=1S/C23H23NO4S3/c1-29-19-8-3-16(4-9-19)13-14-30-20-10-5-17(6-11-20)23(26)24-18-7-12-21(25)22(15-18)31(2,27)28/h3-12,15,25H,13-14H2,1-2H3,(H,24,26). The largest absolute Gasteiger partial charge is 0.507 e. The molecule has 31 heavy (non-hydrogen) atoms. The van der Waals surface area contributed by atoms with Crippen LogP contribution in [-0.4, -0.2) is 37.7 Å². The Morgan fingerprint density at radius 1 is 0.968 bits per heavy atom. The molecule has 0 heterocycles. The van der Waals surface area contributed by atoms with E-state index in [1.807, 2.05) is 12.1 Å². The van der Waals surface area contributed by atoms with Crippen LogP contribution in [0.4, 0.5) is 5.69 Å². The summed E-state index contributed by atoms with van der Waals surface area (Å²) in [5.74, 6) is 0.240. The predicted octanol–water partition coefficient (Wildman–Crippen LogP) is 5.10. The quantitative estimate of drug-likeness (QED) is 0.350. The summed E-state index contributed by atoms with van der Waals surface area (Å²) in [6.07, 6.45) is 4.03. The number of rotatable bonds is 8. The molecule has 2 N–H and O–H groups in total. The second kappa shape index (κ2) is 10.3. The predicted molar refractivity (Wildman–Crippen MR) is 128 cm³/mol. The van der Waals surface area contributed by atoms with Crippen molar-refractivity contribution in [3.8, 4) is 5.75 Å². The zero-order valence-corrected chi connectivity index (χ0v) is 19.6. The molecule has 8 heteroatoms. The van der Waals surface area contributed by atoms with E-state index in [0.29, 0.717) is 11.3 Å². The van der Waals surface area contributed by atoms with Gasteiger partial charge in [0.1, 0.15) is 10.6 Å². The molecule has 1 amide bonds. The number of anilines is 1. The van der Waals surface area contributed by atoms with Crippen molar-refractivity contribution in [3.05, 3.63) is 77.9 Å². The van der Waals surface area contributed by atoms with Crippen molar-refractivity contribution in [2.24, 2.45) is 0 Å². The van der Waals surface area contributed by atoms with Gasteiger partial charge in [0.2, 0.25) is 0 Å². The normalized spacial score (nSPS) is 11.3. The fourth-order valence-electron chi connectivity index (χ4n) is 2.87. The molecular formula is C23H23NO4S3. The van der Waals surface area contributed by atoms with Gasteiger partial charge in [0, 0.05) is 33.1 Å². The number of benzene rings is 3. The van der Waals surface area contributed by atoms with Gasteiger partial charge in [-0.3, -0.25) is 4.79 Å². The molecule has 0 atom stereocenters. The molecule has 0 unspecified atom stereocenters. The molecule has 0 aliphatic carbocycles. The van der Waals surface area contributed by atoms with Crippen molar-refractivity contribution in [1.29, 1.82) is 0 Å². The lowest BCUT2D eigenvalue weighted by Crippen LogP contribution is -2.12. The van der Waals surface area contributed by atoms with Crippen molar-refractivity contribution in [2.75, 3.05) is 23.6 Å². The number of thioether (sulfide) groups is 2. The van der Waals surface area contributed by atoms with Crippen LogP contribution < -0.4 is 5.32 Å². The van der Waals surface area contributed by atoms with Crippen LogP contribution in [0.2, 0.25) is 0 Å². The average molecular weight is 474 g/mol. The van der Waals surface area contributed by atoms with E-state index >= 15 is 0 Å². The van der Waals surface area contributed by atoms with Crippen molar-refractivity contribution >= 4 is 45.0 Å². The fourth-order valence-corrected chi connectivity index (χ4v) is 4.97. The number of amides is 1. The van der Waals surface area contributed by atoms with E-state index in [4.69, 9.17) is 0 Å². The van der Waals surface area contributed by atoms with Crippen LogP contribution in [0.3, 0.4) is 0 Å². The van der Waals surface area contributed by atoms with E-state index in [1.165, 1.54) is 28.7 Å². The van der Waals surface area contributed by atoms with Crippen LogP contribution in [0.25, 0.3) is 0 Å². The topological polar surface area (TPSA) is 83.5 Å². The average Bonchev–Trinajstić information content (AvgIpc) is 2.75. The van der Waals surface area contributed by atoms with Gasteiger partial charge in [-0.2, -0.15) is 0 Å². The minimum absolute atomic E-state index is 0.222. The molecule has 0 fully saturated rings. The van der Waals surface area contributed by atoms with E-state index in [1.54, 1.807) is 35.7 Å². The van der Waals surface area contributed by atoms with Crippen LogP contribution in [0, 0.1) is 0 Å². The monoisotopic (exact) mass is 473 g/mol. The SMILES string of the molecule is CSc1ccc(CCSc2ccc(C(=O)Nc3ccc(O)c(S(C)(=O)=O)c3)cc2)cc1. The third kappa shape index (κ3) is 6.53. The summed E-state index contributed by atoms with van der Waals surface area (Å²) < 4.78 is 23.5. The molecule has 0 aliphatic heterocycles. The summed E-state index contributed by atoms with van der Waals surface area (Å²) >= 11 is 3.45. The second-order valence-corrected chi connectivity index (χ2v) is 10.9. The Morgan fingerprint density at radius 2 is 1.61 bits per heavy atom. The first-order valence-electron chi connectivity index (χ1n) is 9.46. The van der Waals surface area contributed by atoms with Gasteiger partial charge in [-0.1, -0.05) is 12.1 Å². The molecular weight excluding hydrogens is 450 g/mol. The summed E-state index contributed by atoms with van der Waals surface area (Å²) in [4.78, 5) is 14.6. The number of carbonyl (C=O) groups excluding carboxylic acids is 1. The van der Waals surface area contributed by atoms with Gasteiger partial charge in [-0.05, 0) is 72.8 Å². The third-order valence-corrected chi connectivity index (χ3v) is 7.44. The minimum Gasteiger partial charge on any atom is -0.507 e. The highest BCUT2D eigenvalue weighted by atomic mass is 32.2. The first-order chi connectivity index (χ1) is 14.8. The van der Waals surface area contributed by atoms with Crippen molar-refractivity contribution in [3.63, 3.8) is 0 Å². The molecule has 3 aromatic rings. The molecule has 162 valence electrons. The molecule has 0 saturated heterocycles. The lowest BCUT2D eigenvalue weighted by Gasteiger charge is -2.09. The van der Waals surface area contributed by atoms with Crippen LogP contribution in [0.1, 0.15) is 15.9 Å². The number of carbonyl (C=O) groups is 1. The summed E-state index contributed by atoms with van der Waals surface area (Å²) in [6, 6.07) is 19.8. The molecule has 0 aromatic heterocycles. The number of hydrogen-bond acceptors (Lipinski definition) is 6. The van der Waals surface area contributed by atoms with Gasteiger partial charge in [-0.15, -0.1) is 23.5 Å². The molecule has 3 aromatic carbocycles. The Labute approximate surface area is 191 Å². The molecule has 0 spiro atoms. The zero-order chi connectivity index (χ0) is 22.4. The summed E-state index contributed by atoms with van der Waals surface area (Å²) in [7, 11) is -3.60. The van der Waals surface area contributed by atoms with Crippen molar-refractivity contribution in [1.82, 2.24) is 0 Å². The number of aryl methyl sites for hydroxylation is 1. The van der Waals surface area contributed by atoms with Crippen LogP contribution in [0.15, 0.2) is 81.4 Å². The van der Waals surface area contributed by atoms with Crippen molar-refractivity contribution < 1.29 is 18.3 Å². The minimum atomic E-state index is -3.60. The number of nitrogens with one attached hydrogen (secondary N) is 1. The molecule has 0 radical (unpaired) electrons. The summed E-state index contributed by atoms with van der Waals surface area (Å²) in [6.45, 7) is 0. The first kappa shape index (κ1) is 23.2. The lowest BCUT2D eigenvalue weighted by molar-refractivity contribution is 0.102. The Kier molecular flexibility index (Phi) is 7.69. The molecule has 3 rings (SSSR count). The van der Waals surface area contributed by atoms with E-state index in [9.17, 15) is 18.3 Å². The Balaban J connectivity index is 1.57. The fraction of sp³-hybridized carbons (Fsp3) is 0.174. The first-order valence-corrected chi connectivity index (χ1v) is 13.6. The Morgan fingerprint density at radius 3 is 2.23 bits per heavy atom. The number of sulfone groups is 1. The smallest absolute Gasteiger partial charge is 0.255 e. The summed E-state index contributed by atoms with van der Waals surface area (Å²) in [5.41, 5.74) is 2.06. The highest BCUT2D eigenvalue weighted by Crippen LogP contribution is 2.26. The van der Waals surface area contributed by atoms with Crippen molar-refractivity contribution in [2.45, 2.75) is 21.1 Å². The highest BCUT2D eigenvalue weighted by Gasteiger charge is 2.15. The van der Waals surface area contributed by atoms with E-state index in [-0.39, 0.29) is 16.6 Å². The zero-order valence-electron chi connectivity index (χ0n) is 17.2. The second-order valence-electron chi connectivity index (χ2n) is 6.88. The van der Waals surface area contributed by atoms with Gasteiger partial charge in [0.05, 0.1) is 0 Å². The van der Waals surface area contributed by atoms with E-state index < -0.39 is 9.84 Å². The summed E-state index contributed by atoms with van der Waals surface area (Å²) in [5, 5.41) is 12.4. The maximum absolute atomic E-state index is 12.5. The van der Waals surface area contributed by atoms with Crippen LogP contribution in [0.5, 0.6) is 5.75 Å². The highest BCUT2D eigenvalue weighted by molar-refractivity contribution is 7.99. The van der Waals surface area contributed by atoms with Gasteiger partial charge in [0.25, 0.3) is 5.91 Å². The lowest BCUT2D eigenvalue weighted by atomic mass is 10.2. The van der Waals surface area contributed by atoms with E-state index in [0.717, 1.165) is 23.3 Å². The number of phenols is 1. The van der Waals surface area contributed by atoms with Crippen LogP contribution >= 0.6 is 23.5 Å². The Hall–Kier alpha value is -2.42. The van der Waals surface area contributed by atoms with Crippen LogP contribution in [-0.2, 0) is 16.3 Å². The number of aromatic hydroxyl groups is 1. The maximum atomic E-state index is 12.5.